The second kappa shape index (κ2) is 7.13. The molecular weight excluding hydrogens is 303 g/mol. The van der Waals surface area contributed by atoms with Gasteiger partial charge in [-0.25, -0.2) is 0 Å². The summed E-state index contributed by atoms with van der Waals surface area (Å²) >= 11 is 0. The minimum Gasteiger partial charge on any atom is -0.348 e. The summed E-state index contributed by atoms with van der Waals surface area (Å²) in [4.78, 5) is 12.2. The third kappa shape index (κ3) is 4.45. The molecule has 1 N–H and O–H groups in total. The van der Waals surface area contributed by atoms with Gasteiger partial charge in [0.25, 0.3) is 5.91 Å². The highest BCUT2D eigenvalue weighted by atomic mass is 19.4. The molecule has 0 bridgehead atoms. The SMILES string of the molecule is C=CCc1cc(C(F)(F)F)ccc1C(=O)NCc1ccccc1. The Morgan fingerprint density at radius 2 is 1.83 bits per heavy atom. The molecule has 2 aromatic rings. The number of allylic oxidation sites excluding steroid dienone is 1. The molecule has 0 aliphatic heterocycles. The smallest absolute Gasteiger partial charge is 0.348 e. The average Bonchev–Trinajstić information content (AvgIpc) is 2.53. The van der Waals surface area contributed by atoms with Crippen molar-refractivity contribution >= 4 is 5.91 Å². The molecule has 0 spiro atoms. The zero-order valence-corrected chi connectivity index (χ0v) is 12.4. The van der Waals surface area contributed by atoms with Crippen molar-refractivity contribution in [2.45, 2.75) is 19.1 Å². The third-order valence-corrected chi connectivity index (χ3v) is 3.34. The van der Waals surface area contributed by atoms with E-state index in [1.807, 2.05) is 30.3 Å². The molecule has 2 nitrogen and oxygen atoms in total. The first-order valence-electron chi connectivity index (χ1n) is 7.05. The van der Waals surface area contributed by atoms with Crippen molar-refractivity contribution in [3.63, 3.8) is 0 Å². The van der Waals surface area contributed by atoms with E-state index in [0.29, 0.717) is 12.1 Å². The number of alkyl halides is 3. The maximum Gasteiger partial charge on any atom is 0.416 e. The quantitative estimate of drug-likeness (QED) is 0.815. The van der Waals surface area contributed by atoms with Gasteiger partial charge in [-0.2, -0.15) is 13.2 Å². The van der Waals surface area contributed by atoms with Gasteiger partial charge in [0.15, 0.2) is 0 Å². The van der Waals surface area contributed by atoms with Crippen LogP contribution in [0, 0.1) is 0 Å². The summed E-state index contributed by atoms with van der Waals surface area (Å²) in [6.07, 6.45) is -2.77. The van der Waals surface area contributed by atoms with Crippen LogP contribution in [0.5, 0.6) is 0 Å². The van der Waals surface area contributed by atoms with Gasteiger partial charge in [-0.1, -0.05) is 36.4 Å². The Bertz CT molecular complexity index is 693. The maximum absolute atomic E-state index is 12.8. The van der Waals surface area contributed by atoms with Crippen molar-refractivity contribution < 1.29 is 18.0 Å². The second-order valence-electron chi connectivity index (χ2n) is 5.03. The van der Waals surface area contributed by atoms with Gasteiger partial charge >= 0.3 is 6.18 Å². The summed E-state index contributed by atoms with van der Waals surface area (Å²) in [6, 6.07) is 12.4. The van der Waals surface area contributed by atoms with Gasteiger partial charge in [0.2, 0.25) is 0 Å². The molecular formula is C18H16F3NO. The lowest BCUT2D eigenvalue weighted by molar-refractivity contribution is -0.137. The van der Waals surface area contributed by atoms with E-state index in [1.165, 1.54) is 12.1 Å². The lowest BCUT2D eigenvalue weighted by atomic mass is 10.00. The first-order chi connectivity index (χ1) is 10.9. The van der Waals surface area contributed by atoms with E-state index in [0.717, 1.165) is 17.7 Å². The summed E-state index contributed by atoms with van der Waals surface area (Å²) in [5.41, 5.74) is 0.682. The van der Waals surface area contributed by atoms with Gasteiger partial charge in [0.1, 0.15) is 0 Å². The lowest BCUT2D eigenvalue weighted by Gasteiger charge is -2.13. The number of carbonyl (C=O) groups is 1. The molecule has 0 saturated heterocycles. The summed E-state index contributed by atoms with van der Waals surface area (Å²) in [5, 5.41) is 2.72. The van der Waals surface area contributed by atoms with Gasteiger partial charge in [-0.15, -0.1) is 6.58 Å². The van der Waals surface area contributed by atoms with Crippen molar-refractivity contribution in [3.8, 4) is 0 Å². The molecule has 23 heavy (non-hydrogen) atoms. The fraction of sp³-hybridized carbons (Fsp3) is 0.167. The summed E-state index contributed by atoms with van der Waals surface area (Å²) in [7, 11) is 0. The predicted molar refractivity (Wildman–Crippen MR) is 83.0 cm³/mol. The lowest BCUT2D eigenvalue weighted by Crippen LogP contribution is -2.24. The topological polar surface area (TPSA) is 29.1 Å². The molecule has 2 aromatic carbocycles. The van der Waals surface area contributed by atoms with Crippen LogP contribution in [-0.2, 0) is 19.1 Å². The van der Waals surface area contributed by atoms with Crippen LogP contribution in [-0.4, -0.2) is 5.91 Å². The molecule has 1 amide bonds. The number of amides is 1. The Hall–Kier alpha value is -2.56. The first-order valence-corrected chi connectivity index (χ1v) is 7.05. The van der Waals surface area contributed by atoms with Crippen LogP contribution in [0.4, 0.5) is 13.2 Å². The van der Waals surface area contributed by atoms with Crippen LogP contribution in [0.1, 0.15) is 27.0 Å². The minimum absolute atomic E-state index is 0.192. The summed E-state index contributed by atoms with van der Waals surface area (Å²) in [5.74, 6) is -0.403. The Kier molecular flexibility index (Phi) is 5.21. The number of hydrogen-bond donors (Lipinski definition) is 1. The van der Waals surface area contributed by atoms with Crippen LogP contribution in [0.25, 0.3) is 0 Å². The zero-order chi connectivity index (χ0) is 16.9. The van der Waals surface area contributed by atoms with E-state index in [-0.39, 0.29) is 12.0 Å². The Balaban J connectivity index is 2.20. The Labute approximate surface area is 132 Å². The number of benzene rings is 2. The first kappa shape index (κ1) is 16.8. The zero-order valence-electron chi connectivity index (χ0n) is 12.4. The molecule has 0 aliphatic carbocycles. The molecule has 0 saturated carbocycles. The average molecular weight is 319 g/mol. The van der Waals surface area contributed by atoms with Crippen molar-refractivity contribution in [3.05, 3.63) is 83.4 Å². The molecule has 0 aromatic heterocycles. The van der Waals surface area contributed by atoms with Crippen molar-refractivity contribution in [1.82, 2.24) is 5.32 Å². The van der Waals surface area contributed by atoms with E-state index < -0.39 is 17.6 Å². The van der Waals surface area contributed by atoms with E-state index in [1.54, 1.807) is 0 Å². The van der Waals surface area contributed by atoms with Gasteiger partial charge < -0.3 is 5.32 Å². The molecule has 2 rings (SSSR count). The Morgan fingerprint density at radius 1 is 1.13 bits per heavy atom. The normalized spacial score (nSPS) is 11.1. The predicted octanol–water partition coefficient (Wildman–Crippen LogP) is 4.36. The second-order valence-corrected chi connectivity index (χ2v) is 5.03. The monoisotopic (exact) mass is 319 g/mol. The number of rotatable bonds is 5. The van der Waals surface area contributed by atoms with E-state index in [2.05, 4.69) is 11.9 Å². The van der Waals surface area contributed by atoms with Crippen molar-refractivity contribution in [2.75, 3.05) is 0 Å². The van der Waals surface area contributed by atoms with Crippen LogP contribution in [0.3, 0.4) is 0 Å². The molecule has 120 valence electrons. The van der Waals surface area contributed by atoms with E-state index >= 15 is 0 Å². The van der Waals surface area contributed by atoms with Gasteiger partial charge in [0.05, 0.1) is 5.56 Å². The number of hydrogen-bond acceptors (Lipinski definition) is 1. The molecule has 0 atom stereocenters. The molecule has 5 heteroatoms. The number of nitrogens with one attached hydrogen (secondary N) is 1. The molecule has 0 radical (unpaired) electrons. The molecule has 0 fully saturated rings. The van der Waals surface area contributed by atoms with Crippen LogP contribution < -0.4 is 5.32 Å². The highest BCUT2D eigenvalue weighted by Crippen LogP contribution is 2.30. The molecule has 0 unspecified atom stereocenters. The highest BCUT2D eigenvalue weighted by Gasteiger charge is 2.31. The fourth-order valence-corrected chi connectivity index (χ4v) is 2.19. The molecule has 0 heterocycles. The van der Waals surface area contributed by atoms with E-state index in [4.69, 9.17) is 0 Å². The van der Waals surface area contributed by atoms with Gasteiger partial charge in [0, 0.05) is 12.1 Å². The molecule has 0 aliphatic rings. The standard InChI is InChI=1S/C18H16F3NO/c1-2-6-14-11-15(18(19,20)21)9-10-16(14)17(23)22-12-13-7-4-3-5-8-13/h2-5,7-11H,1,6,12H2,(H,22,23). The van der Waals surface area contributed by atoms with Crippen LogP contribution in [0.2, 0.25) is 0 Å². The Morgan fingerprint density at radius 3 is 2.43 bits per heavy atom. The van der Waals surface area contributed by atoms with Gasteiger partial charge in [-0.3, -0.25) is 4.79 Å². The number of halogens is 3. The fourth-order valence-electron chi connectivity index (χ4n) is 2.19. The highest BCUT2D eigenvalue weighted by molar-refractivity contribution is 5.95. The maximum atomic E-state index is 12.8. The van der Waals surface area contributed by atoms with Crippen LogP contribution in [0.15, 0.2) is 61.2 Å². The number of carbonyl (C=O) groups excluding carboxylic acids is 1. The van der Waals surface area contributed by atoms with Crippen molar-refractivity contribution in [1.29, 1.82) is 0 Å². The third-order valence-electron chi connectivity index (χ3n) is 3.34. The summed E-state index contributed by atoms with van der Waals surface area (Å²) < 4.78 is 38.4. The minimum atomic E-state index is -4.44. The van der Waals surface area contributed by atoms with E-state index in [9.17, 15) is 18.0 Å². The summed E-state index contributed by atoms with van der Waals surface area (Å²) in [6.45, 7) is 3.84. The van der Waals surface area contributed by atoms with Crippen LogP contribution >= 0.6 is 0 Å². The van der Waals surface area contributed by atoms with Gasteiger partial charge in [-0.05, 0) is 35.7 Å². The largest absolute Gasteiger partial charge is 0.416 e. The van der Waals surface area contributed by atoms with Crippen molar-refractivity contribution in [2.24, 2.45) is 0 Å².